The molecule has 13 heteroatoms. The zero-order valence-corrected chi connectivity index (χ0v) is 23.3. The number of hydrogen-bond acceptors (Lipinski definition) is 6. The number of aromatic nitrogens is 2. The fraction of sp³-hybridized carbons (Fsp3) is 0.346. The van der Waals surface area contributed by atoms with Crippen LogP contribution in [0.3, 0.4) is 0 Å². The van der Waals surface area contributed by atoms with Crippen LogP contribution in [-0.2, 0) is 16.4 Å². The molecule has 0 atom stereocenters. The van der Waals surface area contributed by atoms with Crippen molar-refractivity contribution in [2.24, 2.45) is 10.1 Å². The van der Waals surface area contributed by atoms with Crippen LogP contribution in [0.15, 0.2) is 63.2 Å². The predicted octanol–water partition coefficient (Wildman–Crippen LogP) is 2.34. The van der Waals surface area contributed by atoms with Gasteiger partial charge in [0.2, 0.25) is 10.0 Å². The van der Waals surface area contributed by atoms with E-state index in [4.69, 9.17) is 17.4 Å². The molecule has 1 saturated heterocycles. The molecule has 0 aliphatic carbocycles. The van der Waals surface area contributed by atoms with Gasteiger partial charge < -0.3 is 10.2 Å². The van der Waals surface area contributed by atoms with Gasteiger partial charge in [0.1, 0.15) is 5.82 Å². The lowest BCUT2D eigenvalue weighted by Gasteiger charge is -2.36. The van der Waals surface area contributed by atoms with Crippen molar-refractivity contribution >= 4 is 39.3 Å². The van der Waals surface area contributed by atoms with Crippen LogP contribution in [0, 0.1) is 5.82 Å². The fourth-order valence-electron chi connectivity index (χ4n) is 4.30. The number of piperazine rings is 1. The third-order valence-electron chi connectivity index (χ3n) is 6.45. The van der Waals surface area contributed by atoms with Crippen molar-refractivity contribution in [3.05, 3.63) is 76.0 Å². The molecule has 2 heterocycles. The number of primary sulfonamides is 1. The highest BCUT2D eigenvalue weighted by atomic mass is 32.2. The van der Waals surface area contributed by atoms with E-state index in [1.807, 2.05) is 6.92 Å². The van der Waals surface area contributed by atoms with Crippen LogP contribution < -0.4 is 16.0 Å². The molecule has 1 aliphatic rings. The number of benzene rings is 2. The summed E-state index contributed by atoms with van der Waals surface area (Å²) in [6.07, 6.45) is 3.21. The molecule has 4 N–H and O–H groups in total. The minimum atomic E-state index is -3.74. The maximum absolute atomic E-state index is 13.3. The first-order chi connectivity index (χ1) is 18.7. The zero-order valence-electron chi connectivity index (χ0n) is 21.6. The highest BCUT2D eigenvalue weighted by Gasteiger charge is 2.19. The molecular formula is C26H32FN7O3S2. The van der Waals surface area contributed by atoms with E-state index in [-0.39, 0.29) is 16.3 Å². The molecule has 0 bridgehead atoms. The van der Waals surface area contributed by atoms with Crippen LogP contribution in [0.1, 0.15) is 24.6 Å². The van der Waals surface area contributed by atoms with Crippen LogP contribution in [0.4, 0.5) is 10.1 Å². The number of aromatic amines is 1. The number of nitrogens with two attached hydrogens (primary N) is 1. The molecule has 3 aromatic rings. The minimum Gasteiger partial charge on any atom is -0.346 e. The number of halogens is 1. The lowest BCUT2D eigenvalue weighted by atomic mass is 10.2. The SMILES string of the molecule is CCCc1[nH]n(-c2ccc(F)cc2)c(=O)c1C=NCCN1CCN(C(=S)Nc2ccc(S(N)(=O)=O)cc2)CC1. The molecule has 39 heavy (non-hydrogen) atoms. The first-order valence-electron chi connectivity index (χ1n) is 12.7. The van der Waals surface area contributed by atoms with E-state index in [9.17, 15) is 17.6 Å². The first-order valence-corrected chi connectivity index (χ1v) is 14.6. The van der Waals surface area contributed by atoms with Crippen molar-refractivity contribution < 1.29 is 12.8 Å². The van der Waals surface area contributed by atoms with E-state index < -0.39 is 10.0 Å². The van der Waals surface area contributed by atoms with Gasteiger partial charge in [-0.3, -0.25) is 19.8 Å². The van der Waals surface area contributed by atoms with E-state index in [0.717, 1.165) is 44.8 Å². The Morgan fingerprint density at radius 3 is 2.41 bits per heavy atom. The molecule has 1 aromatic heterocycles. The smallest absolute Gasteiger partial charge is 0.280 e. The van der Waals surface area contributed by atoms with Crippen molar-refractivity contribution in [1.82, 2.24) is 19.6 Å². The highest BCUT2D eigenvalue weighted by Crippen LogP contribution is 2.14. The number of aliphatic imine (C=N–C) groups is 1. The number of aryl methyl sites for hydroxylation is 1. The zero-order chi connectivity index (χ0) is 28.0. The summed E-state index contributed by atoms with van der Waals surface area (Å²) in [5, 5.41) is 12.0. The van der Waals surface area contributed by atoms with E-state index in [1.54, 1.807) is 30.5 Å². The Morgan fingerprint density at radius 2 is 1.79 bits per heavy atom. The van der Waals surface area contributed by atoms with Gasteiger partial charge in [-0.15, -0.1) is 0 Å². The molecule has 1 aliphatic heterocycles. The second kappa shape index (κ2) is 12.6. The summed E-state index contributed by atoms with van der Waals surface area (Å²) in [6.45, 7) is 6.44. The van der Waals surface area contributed by atoms with Crippen molar-refractivity contribution in [3.8, 4) is 5.69 Å². The minimum absolute atomic E-state index is 0.0480. The average Bonchev–Trinajstić information content (AvgIpc) is 3.22. The Morgan fingerprint density at radius 1 is 1.13 bits per heavy atom. The molecule has 0 amide bonds. The maximum atomic E-state index is 13.3. The molecule has 0 spiro atoms. The van der Waals surface area contributed by atoms with Crippen LogP contribution in [0.2, 0.25) is 0 Å². The van der Waals surface area contributed by atoms with Gasteiger partial charge in [-0.2, -0.15) is 0 Å². The number of rotatable bonds is 9. The largest absolute Gasteiger partial charge is 0.346 e. The van der Waals surface area contributed by atoms with Gasteiger partial charge in [0.25, 0.3) is 5.56 Å². The number of nitrogens with zero attached hydrogens (tertiary/aromatic N) is 4. The summed E-state index contributed by atoms with van der Waals surface area (Å²) in [4.78, 5) is 22.0. The molecule has 4 rings (SSSR count). The van der Waals surface area contributed by atoms with E-state index in [2.05, 4.69) is 25.2 Å². The Kier molecular flexibility index (Phi) is 9.28. The van der Waals surface area contributed by atoms with Crippen molar-refractivity contribution in [1.29, 1.82) is 0 Å². The Balaban J connectivity index is 1.28. The number of thiocarbonyl (C=S) groups is 1. The molecule has 2 aromatic carbocycles. The van der Waals surface area contributed by atoms with Gasteiger partial charge >= 0.3 is 0 Å². The lowest BCUT2D eigenvalue weighted by molar-refractivity contribution is 0.188. The number of anilines is 1. The second-order valence-corrected chi connectivity index (χ2v) is 11.2. The Bertz CT molecular complexity index is 1480. The van der Waals surface area contributed by atoms with Crippen LogP contribution >= 0.6 is 12.2 Å². The third kappa shape index (κ3) is 7.38. The molecule has 208 valence electrons. The van der Waals surface area contributed by atoms with E-state index >= 15 is 0 Å². The Labute approximate surface area is 232 Å². The van der Waals surface area contributed by atoms with Crippen LogP contribution in [0.5, 0.6) is 0 Å². The lowest BCUT2D eigenvalue weighted by Crippen LogP contribution is -2.50. The number of sulfonamides is 1. The summed E-state index contributed by atoms with van der Waals surface area (Å²) in [7, 11) is -3.74. The molecule has 0 unspecified atom stereocenters. The first kappa shape index (κ1) is 28.6. The average molecular weight is 574 g/mol. The van der Waals surface area contributed by atoms with Crippen molar-refractivity contribution in [2.75, 3.05) is 44.6 Å². The normalized spacial score (nSPS) is 14.7. The monoisotopic (exact) mass is 573 g/mol. The summed E-state index contributed by atoms with van der Waals surface area (Å²) in [5.74, 6) is -0.356. The van der Waals surface area contributed by atoms with Crippen molar-refractivity contribution in [3.63, 3.8) is 0 Å². The molecule has 0 saturated carbocycles. The summed E-state index contributed by atoms with van der Waals surface area (Å²) in [6, 6.07) is 11.9. The topological polar surface area (TPSA) is 129 Å². The quantitative estimate of drug-likeness (QED) is 0.265. The third-order valence-corrected chi connectivity index (χ3v) is 7.74. The van der Waals surface area contributed by atoms with Crippen molar-refractivity contribution in [2.45, 2.75) is 24.7 Å². The highest BCUT2D eigenvalue weighted by molar-refractivity contribution is 7.89. The van der Waals surface area contributed by atoms with E-state index in [1.165, 1.54) is 28.9 Å². The van der Waals surface area contributed by atoms with Gasteiger partial charge in [-0.25, -0.2) is 22.6 Å². The molecule has 0 radical (unpaired) electrons. The molecule has 10 nitrogen and oxygen atoms in total. The molecular weight excluding hydrogens is 541 g/mol. The Hall–Kier alpha value is -3.39. The van der Waals surface area contributed by atoms with Crippen LogP contribution in [-0.4, -0.2) is 78.6 Å². The maximum Gasteiger partial charge on any atom is 0.280 e. The van der Waals surface area contributed by atoms with Gasteiger partial charge in [0.15, 0.2) is 5.11 Å². The summed E-state index contributed by atoms with van der Waals surface area (Å²) < 4.78 is 37.6. The fourth-order valence-corrected chi connectivity index (χ4v) is 5.12. The predicted molar refractivity (Wildman–Crippen MR) is 155 cm³/mol. The van der Waals surface area contributed by atoms with Gasteiger partial charge in [0.05, 0.1) is 22.7 Å². The molecule has 1 fully saturated rings. The second-order valence-electron chi connectivity index (χ2n) is 9.23. The van der Waals surface area contributed by atoms with Crippen LogP contribution in [0.25, 0.3) is 5.69 Å². The standard InChI is InChI=1S/C26H32FN7O3S2/c1-2-3-24-23(25(35)34(31-24)21-8-4-19(27)5-9-21)18-29-12-13-32-14-16-33(17-15-32)26(38)30-20-6-10-22(11-7-20)39(28,36)37/h4-11,18,31H,2-3,12-17H2,1H3,(H,30,38)(H2,28,36,37). The van der Waals surface area contributed by atoms with Gasteiger partial charge in [0, 0.05) is 50.3 Å². The number of hydrogen-bond donors (Lipinski definition) is 3. The summed E-state index contributed by atoms with van der Waals surface area (Å²) >= 11 is 5.53. The van der Waals surface area contributed by atoms with E-state index in [0.29, 0.717) is 35.0 Å². The number of nitrogens with one attached hydrogen (secondary N) is 2. The summed E-state index contributed by atoms with van der Waals surface area (Å²) in [5.41, 5.74) is 2.39. The van der Waals surface area contributed by atoms with Gasteiger partial charge in [-0.1, -0.05) is 13.3 Å². The van der Waals surface area contributed by atoms with Gasteiger partial charge in [-0.05, 0) is 67.2 Å². The number of H-pyrrole nitrogens is 1.